The number of nitrogens with zero attached hydrogens (tertiary/aromatic N) is 2. The highest BCUT2D eigenvalue weighted by Crippen LogP contribution is 2.24. The fourth-order valence-electron chi connectivity index (χ4n) is 2.66. The highest BCUT2D eigenvalue weighted by Gasteiger charge is 2.31. The molecule has 5 nitrogen and oxygen atoms in total. The number of rotatable bonds is 2. The Hall–Kier alpha value is -2.42. The van der Waals surface area contributed by atoms with Gasteiger partial charge in [-0.05, 0) is 51.8 Å². The van der Waals surface area contributed by atoms with Gasteiger partial charge in [-0.15, -0.1) is 0 Å². The molecule has 6 heteroatoms. The molecule has 1 aliphatic heterocycles. The van der Waals surface area contributed by atoms with E-state index in [9.17, 15) is 14.0 Å². The van der Waals surface area contributed by atoms with Crippen LogP contribution in [0.5, 0.6) is 0 Å². The lowest BCUT2D eigenvalue weighted by atomic mass is 9.88. The number of piperidine rings is 1. The van der Waals surface area contributed by atoms with Crippen LogP contribution in [0.4, 0.5) is 9.18 Å². The van der Waals surface area contributed by atoms with Crippen molar-refractivity contribution in [2.24, 2.45) is 5.92 Å². The molecule has 2 rings (SSSR count). The number of halogens is 1. The predicted molar refractivity (Wildman–Crippen MR) is 97.3 cm³/mol. The van der Waals surface area contributed by atoms with Crippen LogP contribution >= 0.6 is 0 Å². The quantitative estimate of drug-likeness (QED) is 0.724. The summed E-state index contributed by atoms with van der Waals surface area (Å²) in [4.78, 5) is 26.1. The van der Waals surface area contributed by atoms with Crippen LogP contribution in [-0.2, 0) is 4.74 Å². The van der Waals surface area contributed by atoms with E-state index in [1.54, 1.807) is 25.7 Å². The lowest BCUT2D eigenvalue weighted by molar-refractivity contribution is 0.0182. The van der Waals surface area contributed by atoms with E-state index >= 15 is 0 Å². The van der Waals surface area contributed by atoms with Crippen LogP contribution in [0, 0.1) is 23.1 Å². The molecule has 0 spiro atoms. The SMILES string of the molecule is CC.CC(C)(C)OC(=O)N1CCC(C(=O)c2ccc(C#N)cc2F)CC1. The Bertz CT molecular complexity index is 681. The molecule has 0 N–H and O–H groups in total. The van der Waals surface area contributed by atoms with E-state index in [1.165, 1.54) is 12.1 Å². The van der Waals surface area contributed by atoms with Gasteiger partial charge >= 0.3 is 6.09 Å². The Morgan fingerprint density at radius 1 is 1.23 bits per heavy atom. The highest BCUT2D eigenvalue weighted by atomic mass is 19.1. The molecule has 1 saturated heterocycles. The predicted octanol–water partition coefficient (Wildman–Crippen LogP) is 4.55. The fourth-order valence-corrected chi connectivity index (χ4v) is 2.66. The molecule has 0 atom stereocenters. The molecule has 1 heterocycles. The summed E-state index contributed by atoms with van der Waals surface area (Å²) in [7, 11) is 0. The molecule has 0 aliphatic carbocycles. The second-order valence-electron chi connectivity index (χ2n) is 6.91. The van der Waals surface area contributed by atoms with Crippen LogP contribution < -0.4 is 0 Å². The minimum absolute atomic E-state index is 0.00437. The topological polar surface area (TPSA) is 70.4 Å². The summed E-state index contributed by atoms with van der Waals surface area (Å²) in [5.41, 5.74) is -0.372. The molecule has 26 heavy (non-hydrogen) atoms. The van der Waals surface area contributed by atoms with Crippen molar-refractivity contribution in [3.63, 3.8) is 0 Å². The van der Waals surface area contributed by atoms with Gasteiger partial charge in [0.15, 0.2) is 5.78 Å². The van der Waals surface area contributed by atoms with Crippen molar-refractivity contribution in [2.45, 2.75) is 53.1 Å². The molecule has 0 unspecified atom stereocenters. The smallest absolute Gasteiger partial charge is 0.410 e. The van der Waals surface area contributed by atoms with Gasteiger partial charge in [0.1, 0.15) is 11.4 Å². The number of ketones is 1. The maximum absolute atomic E-state index is 14.0. The number of nitriles is 1. The van der Waals surface area contributed by atoms with E-state index in [0.29, 0.717) is 25.9 Å². The fraction of sp³-hybridized carbons (Fsp3) is 0.550. The molecule has 1 aromatic rings. The average Bonchev–Trinajstić information content (AvgIpc) is 2.61. The molecule has 0 saturated carbocycles. The van der Waals surface area contributed by atoms with Crippen molar-refractivity contribution in [3.05, 3.63) is 35.1 Å². The molecule has 1 aliphatic rings. The van der Waals surface area contributed by atoms with Crippen LogP contribution in [0.2, 0.25) is 0 Å². The molecule has 0 aromatic heterocycles. The first-order chi connectivity index (χ1) is 12.2. The number of amides is 1. The Labute approximate surface area is 154 Å². The molecule has 142 valence electrons. The molecule has 1 amide bonds. The number of likely N-dealkylation sites (tertiary alicyclic amines) is 1. The summed E-state index contributed by atoms with van der Waals surface area (Å²) in [6.07, 6.45) is 0.549. The normalized spacial score (nSPS) is 14.7. The maximum atomic E-state index is 14.0. The van der Waals surface area contributed by atoms with Crippen molar-refractivity contribution in [3.8, 4) is 6.07 Å². The molecular formula is C20H27FN2O3. The first-order valence-electron chi connectivity index (χ1n) is 8.93. The summed E-state index contributed by atoms with van der Waals surface area (Å²) < 4.78 is 19.3. The average molecular weight is 362 g/mol. The monoisotopic (exact) mass is 362 g/mol. The van der Waals surface area contributed by atoms with Gasteiger partial charge in [-0.2, -0.15) is 5.26 Å². The first-order valence-corrected chi connectivity index (χ1v) is 8.93. The zero-order valence-corrected chi connectivity index (χ0v) is 16.1. The van der Waals surface area contributed by atoms with Crippen LogP contribution in [0.25, 0.3) is 0 Å². The lowest BCUT2D eigenvalue weighted by Crippen LogP contribution is -2.43. The Morgan fingerprint density at radius 2 is 1.81 bits per heavy atom. The Morgan fingerprint density at radius 3 is 2.27 bits per heavy atom. The largest absolute Gasteiger partial charge is 0.444 e. The number of carbonyl (C=O) groups excluding carboxylic acids is 2. The van der Waals surface area contributed by atoms with E-state index in [-0.39, 0.29) is 22.8 Å². The van der Waals surface area contributed by atoms with Gasteiger partial charge in [-0.25, -0.2) is 9.18 Å². The molecule has 1 aromatic carbocycles. The second-order valence-corrected chi connectivity index (χ2v) is 6.91. The van der Waals surface area contributed by atoms with Crippen LogP contribution in [0.1, 0.15) is 63.4 Å². The van der Waals surface area contributed by atoms with E-state index < -0.39 is 17.5 Å². The first kappa shape index (κ1) is 21.6. The van der Waals surface area contributed by atoms with Gasteiger partial charge in [-0.3, -0.25) is 4.79 Å². The van der Waals surface area contributed by atoms with Crippen molar-refractivity contribution >= 4 is 11.9 Å². The summed E-state index contributed by atoms with van der Waals surface area (Å²) >= 11 is 0. The second kappa shape index (κ2) is 9.33. The van der Waals surface area contributed by atoms with Gasteiger partial charge in [0.25, 0.3) is 0 Å². The van der Waals surface area contributed by atoms with Gasteiger partial charge < -0.3 is 9.64 Å². The van der Waals surface area contributed by atoms with Crippen LogP contribution in [0.15, 0.2) is 18.2 Å². The Balaban J connectivity index is 0.00000163. The number of Topliss-reactive ketones (excluding diaryl/α,β-unsaturated/α-hetero) is 1. The summed E-state index contributed by atoms with van der Waals surface area (Å²) in [6.45, 7) is 10.2. The van der Waals surface area contributed by atoms with Crippen molar-refractivity contribution in [2.75, 3.05) is 13.1 Å². The minimum Gasteiger partial charge on any atom is -0.444 e. The number of hydrogen-bond acceptors (Lipinski definition) is 4. The molecule has 1 fully saturated rings. The Kier molecular flexibility index (Phi) is 7.76. The summed E-state index contributed by atoms with van der Waals surface area (Å²) in [5.74, 6) is -1.28. The standard InChI is InChI=1S/C18H21FN2O3.C2H6/c1-18(2,3)24-17(23)21-8-6-13(7-9-21)16(22)14-5-4-12(11-20)10-15(14)19;1-2/h4-5,10,13H,6-9H2,1-3H3;1-2H3. The number of hydrogen-bond donors (Lipinski definition) is 0. The highest BCUT2D eigenvalue weighted by molar-refractivity contribution is 5.98. The third-order valence-electron chi connectivity index (χ3n) is 3.88. The minimum atomic E-state index is -0.673. The number of ether oxygens (including phenoxy) is 1. The van der Waals surface area contributed by atoms with Crippen LogP contribution in [0.3, 0.4) is 0 Å². The van der Waals surface area contributed by atoms with Crippen molar-refractivity contribution in [1.29, 1.82) is 5.26 Å². The zero-order valence-electron chi connectivity index (χ0n) is 16.1. The van der Waals surface area contributed by atoms with Crippen LogP contribution in [-0.4, -0.2) is 35.5 Å². The van der Waals surface area contributed by atoms with E-state index in [1.807, 2.05) is 19.9 Å². The number of carbonyl (C=O) groups is 2. The number of benzene rings is 1. The third kappa shape index (κ3) is 5.83. The van der Waals surface area contributed by atoms with Gasteiger partial charge in [0.05, 0.1) is 17.2 Å². The molecular weight excluding hydrogens is 335 g/mol. The van der Waals surface area contributed by atoms with Gasteiger partial charge in [-0.1, -0.05) is 13.8 Å². The molecule has 0 radical (unpaired) electrons. The third-order valence-corrected chi connectivity index (χ3v) is 3.88. The lowest BCUT2D eigenvalue weighted by Gasteiger charge is -2.33. The van der Waals surface area contributed by atoms with Crippen molar-refractivity contribution in [1.82, 2.24) is 4.90 Å². The summed E-state index contributed by atoms with van der Waals surface area (Å²) in [5, 5.41) is 8.75. The van der Waals surface area contributed by atoms with Gasteiger partial charge in [0.2, 0.25) is 0 Å². The maximum Gasteiger partial charge on any atom is 0.410 e. The van der Waals surface area contributed by atoms with E-state index in [2.05, 4.69) is 0 Å². The van der Waals surface area contributed by atoms with E-state index in [0.717, 1.165) is 6.07 Å². The van der Waals surface area contributed by atoms with Gasteiger partial charge in [0, 0.05) is 19.0 Å². The zero-order chi connectivity index (χ0) is 19.9. The molecule has 0 bridgehead atoms. The summed E-state index contributed by atoms with van der Waals surface area (Å²) in [6, 6.07) is 5.71. The van der Waals surface area contributed by atoms with E-state index in [4.69, 9.17) is 10.00 Å². The van der Waals surface area contributed by atoms with Crippen molar-refractivity contribution < 1.29 is 18.7 Å².